The van der Waals surface area contributed by atoms with Crippen LogP contribution in [0.4, 0.5) is 11.4 Å². The maximum absolute atomic E-state index is 12.5. The molecule has 0 heterocycles. The summed E-state index contributed by atoms with van der Waals surface area (Å²) < 4.78 is 5.25. The maximum Gasteiger partial charge on any atom is 0.251 e. The van der Waals surface area contributed by atoms with Gasteiger partial charge in [0, 0.05) is 11.3 Å². The Morgan fingerprint density at radius 2 is 1.57 bits per heavy atom. The molecule has 0 fully saturated rings. The summed E-state index contributed by atoms with van der Waals surface area (Å²) in [5.41, 5.74) is 2.93. The molecule has 0 spiro atoms. The van der Waals surface area contributed by atoms with E-state index in [1.807, 2.05) is 61.5 Å². The Kier molecular flexibility index (Phi) is 7.05. The van der Waals surface area contributed by atoms with Crippen molar-refractivity contribution in [2.75, 3.05) is 24.3 Å². The molecular weight excluding hydrogens is 378 g/mol. The van der Waals surface area contributed by atoms with Gasteiger partial charge in [-0.1, -0.05) is 42.5 Å². The number of benzene rings is 3. The third-order valence-corrected chi connectivity index (χ3v) is 4.62. The summed E-state index contributed by atoms with van der Waals surface area (Å²) in [4.78, 5) is 24.7. The topological polar surface area (TPSA) is 79.5 Å². The summed E-state index contributed by atoms with van der Waals surface area (Å²) in [6.45, 7) is 2.04. The van der Waals surface area contributed by atoms with Crippen LogP contribution in [0.3, 0.4) is 0 Å². The number of hydrogen-bond acceptors (Lipinski definition) is 4. The van der Waals surface area contributed by atoms with E-state index in [0.29, 0.717) is 17.0 Å². The molecule has 1 atom stereocenters. The van der Waals surface area contributed by atoms with Gasteiger partial charge in [-0.15, -0.1) is 0 Å². The minimum absolute atomic E-state index is 0.0944. The van der Waals surface area contributed by atoms with Crippen LogP contribution in [0.15, 0.2) is 78.9 Å². The minimum atomic E-state index is -0.198. The molecule has 6 heteroatoms. The SMILES string of the molecule is COc1ccccc1NCC(=O)Nc1ccc(C(=O)NC(C)c2ccccc2)cc1. The van der Waals surface area contributed by atoms with Crippen LogP contribution in [0, 0.1) is 0 Å². The lowest BCUT2D eigenvalue weighted by atomic mass is 10.1. The second kappa shape index (κ2) is 10.1. The van der Waals surface area contributed by atoms with Crippen molar-refractivity contribution < 1.29 is 14.3 Å². The molecule has 6 nitrogen and oxygen atoms in total. The molecule has 30 heavy (non-hydrogen) atoms. The molecule has 154 valence electrons. The van der Waals surface area contributed by atoms with E-state index in [0.717, 1.165) is 11.3 Å². The van der Waals surface area contributed by atoms with E-state index in [4.69, 9.17) is 4.74 Å². The van der Waals surface area contributed by atoms with Crippen molar-refractivity contribution >= 4 is 23.2 Å². The molecular formula is C24H25N3O3. The van der Waals surface area contributed by atoms with Crippen LogP contribution in [0.2, 0.25) is 0 Å². The van der Waals surface area contributed by atoms with Crippen molar-refractivity contribution in [2.45, 2.75) is 13.0 Å². The molecule has 3 rings (SSSR count). The molecule has 0 aliphatic rings. The zero-order chi connectivity index (χ0) is 21.3. The van der Waals surface area contributed by atoms with Crippen molar-refractivity contribution in [3.05, 3.63) is 90.0 Å². The Bertz CT molecular complexity index is 988. The number of rotatable bonds is 8. The Labute approximate surface area is 176 Å². The van der Waals surface area contributed by atoms with E-state index in [1.54, 1.807) is 31.4 Å². The number of hydrogen-bond donors (Lipinski definition) is 3. The highest BCUT2D eigenvalue weighted by molar-refractivity contribution is 5.97. The highest BCUT2D eigenvalue weighted by Gasteiger charge is 2.12. The van der Waals surface area contributed by atoms with Gasteiger partial charge in [0.1, 0.15) is 5.75 Å². The van der Waals surface area contributed by atoms with Crippen LogP contribution in [0.5, 0.6) is 5.75 Å². The molecule has 1 unspecified atom stereocenters. The Morgan fingerprint density at radius 1 is 0.900 bits per heavy atom. The molecule has 3 aromatic rings. The number of methoxy groups -OCH3 is 1. The van der Waals surface area contributed by atoms with E-state index in [1.165, 1.54) is 0 Å². The fraction of sp³-hybridized carbons (Fsp3) is 0.167. The van der Waals surface area contributed by atoms with Crippen LogP contribution < -0.4 is 20.7 Å². The van der Waals surface area contributed by atoms with Gasteiger partial charge >= 0.3 is 0 Å². The number of ether oxygens (including phenoxy) is 1. The summed E-state index contributed by atoms with van der Waals surface area (Å²) in [5, 5.41) is 8.83. The first kappa shape index (κ1) is 20.9. The predicted molar refractivity (Wildman–Crippen MR) is 119 cm³/mol. The number of para-hydroxylation sites is 2. The third-order valence-electron chi connectivity index (χ3n) is 4.62. The second-order valence-corrected chi connectivity index (χ2v) is 6.79. The fourth-order valence-electron chi connectivity index (χ4n) is 2.98. The van der Waals surface area contributed by atoms with Gasteiger partial charge in [0.05, 0.1) is 25.4 Å². The van der Waals surface area contributed by atoms with Gasteiger partial charge < -0.3 is 20.7 Å². The van der Waals surface area contributed by atoms with E-state index < -0.39 is 0 Å². The molecule has 0 aromatic heterocycles. The quantitative estimate of drug-likeness (QED) is 0.526. The Balaban J connectivity index is 1.52. The van der Waals surface area contributed by atoms with Crippen molar-refractivity contribution in [1.82, 2.24) is 5.32 Å². The molecule has 3 aromatic carbocycles. The minimum Gasteiger partial charge on any atom is -0.495 e. The van der Waals surface area contributed by atoms with Gasteiger partial charge in [-0.2, -0.15) is 0 Å². The zero-order valence-corrected chi connectivity index (χ0v) is 17.0. The standard InChI is InChI=1S/C24H25N3O3/c1-17(18-8-4-3-5-9-18)26-24(29)19-12-14-20(15-13-19)27-23(28)16-25-21-10-6-7-11-22(21)30-2/h3-15,17,25H,16H2,1-2H3,(H,26,29)(H,27,28). The lowest BCUT2D eigenvalue weighted by molar-refractivity contribution is -0.114. The van der Waals surface area contributed by atoms with E-state index in [-0.39, 0.29) is 24.4 Å². The number of amides is 2. The molecule has 0 saturated heterocycles. The molecule has 0 bridgehead atoms. The molecule has 0 aliphatic heterocycles. The van der Waals surface area contributed by atoms with E-state index in [2.05, 4.69) is 16.0 Å². The van der Waals surface area contributed by atoms with Crippen molar-refractivity contribution in [1.29, 1.82) is 0 Å². The predicted octanol–water partition coefficient (Wildman–Crippen LogP) is 4.24. The van der Waals surface area contributed by atoms with Gasteiger partial charge in [0.15, 0.2) is 0 Å². The maximum atomic E-state index is 12.5. The summed E-state index contributed by atoms with van der Waals surface area (Å²) in [5.74, 6) is 0.309. The first-order valence-electron chi connectivity index (χ1n) is 9.69. The average molecular weight is 403 g/mol. The number of anilines is 2. The van der Waals surface area contributed by atoms with E-state index >= 15 is 0 Å². The lowest BCUT2D eigenvalue weighted by Crippen LogP contribution is -2.26. The first-order valence-corrected chi connectivity index (χ1v) is 9.69. The molecule has 0 radical (unpaired) electrons. The summed E-state index contributed by atoms with van der Waals surface area (Å²) in [6.07, 6.45) is 0. The van der Waals surface area contributed by atoms with Crippen molar-refractivity contribution in [3.63, 3.8) is 0 Å². The van der Waals surface area contributed by atoms with Crippen molar-refractivity contribution in [3.8, 4) is 5.75 Å². The second-order valence-electron chi connectivity index (χ2n) is 6.79. The van der Waals surface area contributed by atoms with Gasteiger partial charge in [-0.25, -0.2) is 0 Å². The zero-order valence-electron chi connectivity index (χ0n) is 17.0. The summed E-state index contributed by atoms with van der Waals surface area (Å²) in [7, 11) is 1.58. The number of nitrogens with one attached hydrogen (secondary N) is 3. The van der Waals surface area contributed by atoms with Gasteiger partial charge in [0.25, 0.3) is 5.91 Å². The number of carbonyl (C=O) groups excluding carboxylic acids is 2. The van der Waals surface area contributed by atoms with Crippen LogP contribution in [-0.4, -0.2) is 25.5 Å². The average Bonchev–Trinajstić information content (AvgIpc) is 2.79. The van der Waals surface area contributed by atoms with Crippen LogP contribution in [-0.2, 0) is 4.79 Å². The molecule has 3 N–H and O–H groups in total. The van der Waals surface area contributed by atoms with Gasteiger partial charge in [-0.3, -0.25) is 9.59 Å². The normalized spacial score (nSPS) is 11.3. The Morgan fingerprint density at radius 3 is 2.27 bits per heavy atom. The monoisotopic (exact) mass is 403 g/mol. The van der Waals surface area contributed by atoms with E-state index in [9.17, 15) is 9.59 Å². The van der Waals surface area contributed by atoms with Crippen LogP contribution in [0.25, 0.3) is 0 Å². The third kappa shape index (κ3) is 5.61. The van der Waals surface area contributed by atoms with Crippen LogP contribution >= 0.6 is 0 Å². The molecule has 2 amide bonds. The summed E-state index contributed by atoms with van der Waals surface area (Å²) in [6, 6.07) is 23.9. The highest BCUT2D eigenvalue weighted by Crippen LogP contribution is 2.22. The molecule has 0 aliphatic carbocycles. The largest absolute Gasteiger partial charge is 0.495 e. The highest BCUT2D eigenvalue weighted by atomic mass is 16.5. The van der Waals surface area contributed by atoms with Gasteiger partial charge in [0.2, 0.25) is 5.91 Å². The van der Waals surface area contributed by atoms with Crippen LogP contribution in [0.1, 0.15) is 28.9 Å². The Hall–Kier alpha value is -3.80. The van der Waals surface area contributed by atoms with Crippen molar-refractivity contribution in [2.24, 2.45) is 0 Å². The molecule has 0 saturated carbocycles. The van der Waals surface area contributed by atoms with Gasteiger partial charge in [-0.05, 0) is 48.9 Å². The first-order chi connectivity index (χ1) is 14.6. The fourth-order valence-corrected chi connectivity index (χ4v) is 2.98. The lowest BCUT2D eigenvalue weighted by Gasteiger charge is -2.14. The number of carbonyl (C=O) groups is 2. The summed E-state index contributed by atoms with van der Waals surface area (Å²) >= 11 is 0. The smallest absolute Gasteiger partial charge is 0.251 e.